The van der Waals surface area contributed by atoms with Gasteiger partial charge in [0.15, 0.2) is 0 Å². The third kappa shape index (κ3) is 2.45. The number of rotatable bonds is 3. The lowest BCUT2D eigenvalue weighted by Gasteiger charge is -2.52. The van der Waals surface area contributed by atoms with Crippen molar-refractivity contribution < 1.29 is 0 Å². The van der Waals surface area contributed by atoms with Gasteiger partial charge in [-0.1, -0.05) is 18.0 Å². The normalized spacial score (nSPS) is 37.0. The van der Waals surface area contributed by atoms with Gasteiger partial charge in [0, 0.05) is 26.9 Å². The van der Waals surface area contributed by atoms with Gasteiger partial charge in [-0.15, -0.1) is 22.7 Å². The summed E-state index contributed by atoms with van der Waals surface area (Å²) in [5.74, 6) is 4.09. The summed E-state index contributed by atoms with van der Waals surface area (Å²) in [5, 5.41) is 3.94. The number of halogens is 1. The number of nitrogens with one attached hydrogen (secondary N) is 1. The van der Waals surface area contributed by atoms with Gasteiger partial charge in [0.2, 0.25) is 0 Å². The average Bonchev–Trinajstić information content (AvgIpc) is 2.99. The smallest absolute Gasteiger partial charge is 0.0949 e. The topological polar surface area (TPSA) is 12.0 Å². The first-order valence-corrected chi connectivity index (χ1v) is 10.7. The zero-order valence-corrected chi connectivity index (χ0v) is 15.1. The summed E-state index contributed by atoms with van der Waals surface area (Å²) in [4.78, 5) is 1.47. The molecule has 5 unspecified atom stereocenters. The lowest BCUT2D eigenvalue weighted by Crippen LogP contribution is -2.50. The Balaban J connectivity index is 1.30. The first-order chi connectivity index (χ1) is 10.7. The molecular weight excluding hydrogens is 330 g/mol. The second-order valence-electron chi connectivity index (χ2n) is 7.66. The van der Waals surface area contributed by atoms with Crippen LogP contribution in [0.4, 0.5) is 0 Å². The molecule has 1 nitrogen and oxygen atoms in total. The molecule has 0 amide bonds. The Hall–Kier alpha value is -0.0900. The van der Waals surface area contributed by atoms with Crippen molar-refractivity contribution in [3.8, 4) is 0 Å². The van der Waals surface area contributed by atoms with Crippen LogP contribution in [0.15, 0.2) is 12.1 Å². The van der Waals surface area contributed by atoms with E-state index in [0.717, 1.165) is 40.6 Å². The molecule has 3 aliphatic carbocycles. The molecule has 2 aromatic rings. The minimum Gasteiger partial charge on any atom is -0.309 e. The highest BCUT2D eigenvalue weighted by atomic mass is 35.5. The van der Waals surface area contributed by atoms with Crippen LogP contribution in [0, 0.1) is 23.7 Å². The van der Waals surface area contributed by atoms with Crippen molar-refractivity contribution in [2.24, 2.45) is 23.7 Å². The van der Waals surface area contributed by atoms with Gasteiger partial charge >= 0.3 is 0 Å². The second-order valence-corrected chi connectivity index (χ2v) is 10.5. The SMILES string of the molecule is Clc1cc2sc(CNC3CC4CC5CCC3C(C5)C4)cc2s1. The van der Waals surface area contributed by atoms with Gasteiger partial charge in [0.25, 0.3) is 0 Å². The van der Waals surface area contributed by atoms with Gasteiger partial charge in [-0.05, 0) is 67.9 Å². The van der Waals surface area contributed by atoms with E-state index in [2.05, 4.69) is 17.4 Å². The van der Waals surface area contributed by atoms with E-state index in [4.69, 9.17) is 11.6 Å². The van der Waals surface area contributed by atoms with Crippen molar-refractivity contribution in [2.45, 2.75) is 51.1 Å². The molecular formula is C18H22ClNS2. The van der Waals surface area contributed by atoms with Crippen LogP contribution in [0.1, 0.15) is 43.4 Å². The lowest BCUT2D eigenvalue weighted by molar-refractivity contribution is 0.00614. The lowest BCUT2D eigenvalue weighted by atomic mass is 9.56. The Bertz CT molecular complexity index is 653. The zero-order chi connectivity index (χ0) is 14.7. The van der Waals surface area contributed by atoms with Gasteiger partial charge < -0.3 is 5.32 Å². The first kappa shape index (κ1) is 14.3. The maximum atomic E-state index is 6.08. The fourth-order valence-corrected chi connectivity index (χ4v) is 8.05. The molecule has 0 saturated heterocycles. The molecule has 118 valence electrons. The van der Waals surface area contributed by atoms with Crippen molar-refractivity contribution in [3.05, 3.63) is 21.3 Å². The fraction of sp³-hybridized carbons (Fsp3) is 0.667. The standard InChI is InChI=1S/C18H22ClNS2/c19-18-8-17-16(22-18)7-13(21-17)9-20-15-6-11-3-10-1-2-14(15)12(4-10)5-11/h7-8,10-12,14-15,20H,1-6,9H2. The molecule has 5 rings (SSSR count). The van der Waals surface area contributed by atoms with E-state index in [1.54, 1.807) is 11.3 Å². The predicted octanol–water partition coefficient (Wildman–Crippen LogP) is 5.92. The molecule has 3 aliphatic rings. The molecule has 0 spiro atoms. The maximum Gasteiger partial charge on any atom is 0.0949 e. The van der Waals surface area contributed by atoms with Crippen molar-refractivity contribution in [1.82, 2.24) is 5.32 Å². The van der Waals surface area contributed by atoms with Crippen LogP contribution in [0.25, 0.3) is 9.40 Å². The Morgan fingerprint density at radius 3 is 2.77 bits per heavy atom. The highest BCUT2D eigenvalue weighted by Crippen LogP contribution is 2.52. The summed E-state index contributed by atoms with van der Waals surface area (Å²) in [5.41, 5.74) is 0. The van der Waals surface area contributed by atoms with Crippen molar-refractivity contribution in [3.63, 3.8) is 0 Å². The fourth-order valence-electron chi connectivity index (χ4n) is 5.53. The van der Waals surface area contributed by atoms with E-state index < -0.39 is 0 Å². The third-order valence-electron chi connectivity index (χ3n) is 6.32. The van der Waals surface area contributed by atoms with Crippen LogP contribution in [0.2, 0.25) is 4.34 Å². The minimum absolute atomic E-state index is 0.772. The largest absolute Gasteiger partial charge is 0.309 e. The molecule has 2 heterocycles. The Labute approximate surface area is 145 Å². The summed E-state index contributed by atoms with van der Waals surface area (Å²) < 4.78 is 3.62. The third-order valence-corrected chi connectivity index (χ3v) is 8.75. The molecule has 0 aromatic carbocycles. The highest BCUT2D eigenvalue weighted by molar-refractivity contribution is 7.29. The summed E-state index contributed by atoms with van der Waals surface area (Å²) >= 11 is 9.70. The van der Waals surface area contributed by atoms with Crippen LogP contribution in [0.5, 0.6) is 0 Å². The van der Waals surface area contributed by atoms with Crippen LogP contribution < -0.4 is 5.32 Å². The van der Waals surface area contributed by atoms with Gasteiger partial charge in [0.05, 0.1) is 4.34 Å². The van der Waals surface area contributed by atoms with Crippen molar-refractivity contribution >= 4 is 43.7 Å². The number of thiophene rings is 2. The Morgan fingerprint density at radius 1 is 1.00 bits per heavy atom. The van der Waals surface area contributed by atoms with E-state index in [1.165, 1.54) is 52.8 Å². The molecule has 3 saturated carbocycles. The number of hydrogen-bond acceptors (Lipinski definition) is 3. The first-order valence-electron chi connectivity index (χ1n) is 8.66. The zero-order valence-electron chi connectivity index (χ0n) is 12.7. The summed E-state index contributed by atoms with van der Waals surface area (Å²) in [7, 11) is 0. The van der Waals surface area contributed by atoms with Crippen molar-refractivity contribution in [1.29, 1.82) is 0 Å². The van der Waals surface area contributed by atoms with Crippen LogP contribution in [0.3, 0.4) is 0 Å². The molecule has 3 fully saturated rings. The molecule has 0 aliphatic heterocycles. The molecule has 3 bridgehead atoms. The van der Waals surface area contributed by atoms with Gasteiger partial charge in [0.1, 0.15) is 0 Å². The Kier molecular flexibility index (Phi) is 3.55. The van der Waals surface area contributed by atoms with Gasteiger partial charge in [-0.25, -0.2) is 0 Å². The van der Waals surface area contributed by atoms with E-state index in [1.807, 2.05) is 11.3 Å². The summed E-state index contributed by atoms with van der Waals surface area (Å²) in [6.07, 6.45) is 9.01. The summed E-state index contributed by atoms with van der Waals surface area (Å²) in [6.45, 7) is 1.05. The van der Waals surface area contributed by atoms with Crippen LogP contribution in [-0.4, -0.2) is 6.04 Å². The molecule has 0 radical (unpaired) electrons. The molecule has 5 atom stereocenters. The number of hydrogen-bond donors (Lipinski definition) is 1. The van der Waals surface area contributed by atoms with Crippen LogP contribution >= 0.6 is 34.3 Å². The minimum atomic E-state index is 0.772. The quantitative estimate of drug-likeness (QED) is 0.723. The van der Waals surface area contributed by atoms with E-state index in [0.29, 0.717) is 0 Å². The maximum absolute atomic E-state index is 6.08. The average molecular weight is 352 g/mol. The second kappa shape index (κ2) is 5.47. The number of fused-ring (bicyclic) bond motifs is 3. The van der Waals surface area contributed by atoms with E-state index in [-0.39, 0.29) is 0 Å². The monoisotopic (exact) mass is 351 g/mol. The Morgan fingerprint density at radius 2 is 1.86 bits per heavy atom. The summed E-state index contributed by atoms with van der Waals surface area (Å²) in [6, 6.07) is 5.22. The molecule has 4 heteroatoms. The predicted molar refractivity (Wildman–Crippen MR) is 97.0 cm³/mol. The van der Waals surface area contributed by atoms with Crippen molar-refractivity contribution in [2.75, 3.05) is 0 Å². The molecule has 22 heavy (non-hydrogen) atoms. The molecule has 1 N–H and O–H groups in total. The van der Waals surface area contributed by atoms with Gasteiger partial charge in [-0.2, -0.15) is 0 Å². The van der Waals surface area contributed by atoms with Crippen LogP contribution in [-0.2, 0) is 6.54 Å². The molecule has 2 aromatic heterocycles. The highest BCUT2D eigenvalue weighted by Gasteiger charge is 2.45. The van der Waals surface area contributed by atoms with E-state index in [9.17, 15) is 0 Å². The van der Waals surface area contributed by atoms with E-state index >= 15 is 0 Å². The van der Waals surface area contributed by atoms with Gasteiger partial charge in [-0.3, -0.25) is 0 Å².